The van der Waals surface area contributed by atoms with Crippen LogP contribution in [0.3, 0.4) is 0 Å². The van der Waals surface area contributed by atoms with E-state index >= 15 is 0 Å². The number of hydrogen-bond acceptors (Lipinski definition) is 5. The van der Waals surface area contributed by atoms with Gasteiger partial charge >= 0.3 is 0 Å². The van der Waals surface area contributed by atoms with Crippen molar-refractivity contribution in [3.05, 3.63) is 83.2 Å². The lowest BCUT2D eigenvalue weighted by Crippen LogP contribution is -2.15. The molecule has 0 saturated heterocycles. The van der Waals surface area contributed by atoms with Crippen molar-refractivity contribution in [1.82, 2.24) is 19.4 Å². The van der Waals surface area contributed by atoms with Gasteiger partial charge in [0.15, 0.2) is 0 Å². The van der Waals surface area contributed by atoms with Crippen LogP contribution in [0.5, 0.6) is 0 Å². The van der Waals surface area contributed by atoms with Crippen LogP contribution in [-0.2, 0) is 11.3 Å². The molecule has 2 aliphatic rings. The molecule has 0 unspecified atom stereocenters. The largest absolute Gasteiger partial charge is 0.379 e. The lowest BCUT2D eigenvalue weighted by molar-refractivity contribution is -0.117. The number of amides is 1. The van der Waals surface area contributed by atoms with E-state index in [9.17, 15) is 4.79 Å². The second-order valence-electron chi connectivity index (χ2n) is 8.85. The van der Waals surface area contributed by atoms with Crippen LogP contribution in [0, 0.1) is 5.92 Å². The molecule has 4 heterocycles. The molecule has 33 heavy (non-hydrogen) atoms. The molecule has 6 rings (SSSR count). The highest BCUT2D eigenvalue weighted by atomic mass is 35.5. The summed E-state index contributed by atoms with van der Waals surface area (Å²) in [5.41, 5.74) is 5.04. The van der Waals surface area contributed by atoms with Gasteiger partial charge in [0.25, 0.3) is 0 Å². The number of pyridine rings is 3. The van der Waals surface area contributed by atoms with E-state index in [2.05, 4.69) is 49.5 Å². The zero-order valence-corrected chi connectivity index (χ0v) is 18.7. The van der Waals surface area contributed by atoms with Gasteiger partial charge < -0.3 is 15.0 Å². The molecule has 4 aromatic rings. The first-order valence-electron chi connectivity index (χ1n) is 11.2. The molecule has 0 aromatic carbocycles. The Hall–Kier alpha value is -3.45. The Morgan fingerprint density at radius 1 is 1.09 bits per heavy atom. The molecule has 0 aliphatic heterocycles. The number of aromatic nitrogens is 4. The third kappa shape index (κ3) is 4.41. The number of imidazole rings is 1. The van der Waals surface area contributed by atoms with Gasteiger partial charge in [0.05, 0.1) is 12.2 Å². The monoisotopic (exact) mass is 458 g/mol. The average Bonchev–Trinajstić information content (AvgIpc) is 3.74. The molecule has 4 aromatic heterocycles. The Balaban J connectivity index is 1.08. The Kier molecular flexibility index (Phi) is 4.99. The van der Waals surface area contributed by atoms with Crippen LogP contribution in [0.25, 0.3) is 5.65 Å². The predicted molar refractivity (Wildman–Crippen MR) is 127 cm³/mol. The molecule has 0 spiro atoms. The van der Waals surface area contributed by atoms with Gasteiger partial charge in [0, 0.05) is 59.1 Å². The number of anilines is 2. The number of rotatable bonds is 7. The zero-order valence-electron chi connectivity index (χ0n) is 17.9. The number of nitrogens with one attached hydrogen (secondary N) is 2. The van der Waals surface area contributed by atoms with E-state index in [1.54, 1.807) is 18.5 Å². The minimum Gasteiger partial charge on any atom is -0.379 e. The van der Waals surface area contributed by atoms with Crippen LogP contribution < -0.4 is 10.6 Å². The molecular formula is C25H23ClN6O. The summed E-state index contributed by atoms with van der Waals surface area (Å²) >= 11 is 6.05. The maximum absolute atomic E-state index is 12.7. The average molecular weight is 459 g/mol. The maximum Gasteiger partial charge on any atom is 0.229 e. The van der Waals surface area contributed by atoms with Gasteiger partial charge in [-0.05, 0) is 55.0 Å². The normalized spacial score (nSPS) is 19.4. The van der Waals surface area contributed by atoms with Gasteiger partial charge in [-0.2, -0.15) is 0 Å². The van der Waals surface area contributed by atoms with E-state index in [-0.39, 0.29) is 17.7 Å². The summed E-state index contributed by atoms with van der Waals surface area (Å²) in [6.07, 6.45) is 11.0. The zero-order chi connectivity index (χ0) is 22.4. The summed E-state index contributed by atoms with van der Waals surface area (Å²) in [6.45, 7) is 0.586. The van der Waals surface area contributed by atoms with Crippen molar-refractivity contribution in [3.8, 4) is 0 Å². The molecule has 1 amide bonds. The van der Waals surface area contributed by atoms with Crippen molar-refractivity contribution in [1.29, 1.82) is 0 Å². The minimum absolute atomic E-state index is 0.0433. The molecule has 2 N–H and O–H groups in total. The fourth-order valence-electron chi connectivity index (χ4n) is 4.26. The number of halogens is 1. The SMILES string of the molecule is O=C(Nc1cc(NCc2cn3cc(C4CC4)ccc3n2)ccn1)[C@H]1C[C@@H]1c1cc(Cl)ccn1. The summed E-state index contributed by atoms with van der Waals surface area (Å²) in [6, 6.07) is 11.6. The molecule has 2 saturated carbocycles. The fourth-order valence-corrected chi connectivity index (χ4v) is 4.43. The second kappa shape index (κ2) is 8.15. The van der Waals surface area contributed by atoms with Crippen LogP contribution in [0.2, 0.25) is 5.02 Å². The molecule has 2 aliphatic carbocycles. The number of carbonyl (C=O) groups excluding carboxylic acids is 1. The van der Waals surface area contributed by atoms with E-state index in [1.165, 1.54) is 18.4 Å². The van der Waals surface area contributed by atoms with Crippen molar-refractivity contribution < 1.29 is 4.79 Å². The third-order valence-electron chi connectivity index (χ3n) is 6.31. The van der Waals surface area contributed by atoms with E-state index in [4.69, 9.17) is 16.6 Å². The topological polar surface area (TPSA) is 84.2 Å². The van der Waals surface area contributed by atoms with E-state index in [0.29, 0.717) is 17.4 Å². The van der Waals surface area contributed by atoms with E-state index in [1.807, 2.05) is 18.2 Å². The molecule has 7 nitrogen and oxygen atoms in total. The van der Waals surface area contributed by atoms with Crippen molar-refractivity contribution in [2.24, 2.45) is 5.92 Å². The van der Waals surface area contributed by atoms with Gasteiger partial charge in [-0.15, -0.1) is 0 Å². The molecule has 2 fully saturated rings. The summed E-state index contributed by atoms with van der Waals surface area (Å²) < 4.78 is 2.10. The number of fused-ring (bicyclic) bond motifs is 1. The lowest BCUT2D eigenvalue weighted by atomic mass is 10.2. The quantitative estimate of drug-likeness (QED) is 0.406. The molecule has 8 heteroatoms. The second-order valence-corrected chi connectivity index (χ2v) is 9.29. The molecule has 0 radical (unpaired) electrons. The molecule has 0 bridgehead atoms. The number of nitrogens with zero attached hydrogens (tertiary/aromatic N) is 4. The molecular weight excluding hydrogens is 436 g/mol. The maximum atomic E-state index is 12.7. The van der Waals surface area contributed by atoms with Gasteiger partial charge in [-0.3, -0.25) is 9.78 Å². The molecule has 166 valence electrons. The van der Waals surface area contributed by atoms with Gasteiger partial charge in [0.2, 0.25) is 5.91 Å². The highest BCUT2D eigenvalue weighted by molar-refractivity contribution is 6.30. The first kappa shape index (κ1) is 20.2. The summed E-state index contributed by atoms with van der Waals surface area (Å²) in [5.74, 6) is 1.21. The van der Waals surface area contributed by atoms with E-state index < -0.39 is 0 Å². The van der Waals surface area contributed by atoms with Crippen molar-refractivity contribution >= 4 is 34.7 Å². The van der Waals surface area contributed by atoms with Crippen LogP contribution in [0.4, 0.5) is 11.5 Å². The van der Waals surface area contributed by atoms with Crippen LogP contribution in [0.1, 0.15) is 48.0 Å². The lowest BCUT2D eigenvalue weighted by Gasteiger charge is -2.08. The Labute approximate surface area is 196 Å². The number of hydrogen-bond donors (Lipinski definition) is 2. The summed E-state index contributed by atoms with van der Waals surface area (Å²) in [7, 11) is 0. The number of carbonyl (C=O) groups is 1. The Morgan fingerprint density at radius 2 is 1.97 bits per heavy atom. The Morgan fingerprint density at radius 3 is 2.82 bits per heavy atom. The van der Waals surface area contributed by atoms with Crippen LogP contribution in [0.15, 0.2) is 61.2 Å². The fraction of sp³-hybridized carbons (Fsp3) is 0.280. The van der Waals surface area contributed by atoms with Crippen LogP contribution in [-0.4, -0.2) is 25.3 Å². The standard InChI is InChI=1S/C25H23ClN6O/c26-17-5-7-27-22(9-17)20-11-21(20)25(33)31-23-10-18(6-8-28-23)29-12-19-14-32-13-16(15-1-2-15)3-4-24(32)30-19/h3-10,13-15,20-21H,1-2,11-12H2,(H2,28,29,31,33)/t20-,21-/m0/s1. The Bertz CT molecular complexity index is 1350. The van der Waals surface area contributed by atoms with Gasteiger partial charge in [0.1, 0.15) is 11.5 Å². The summed E-state index contributed by atoms with van der Waals surface area (Å²) in [4.78, 5) is 26.0. The smallest absolute Gasteiger partial charge is 0.229 e. The highest BCUT2D eigenvalue weighted by Crippen LogP contribution is 2.47. The van der Waals surface area contributed by atoms with Gasteiger partial charge in [-0.25, -0.2) is 9.97 Å². The van der Waals surface area contributed by atoms with Crippen LogP contribution >= 0.6 is 11.6 Å². The third-order valence-corrected chi connectivity index (χ3v) is 6.54. The minimum atomic E-state index is -0.104. The van der Waals surface area contributed by atoms with Crippen molar-refractivity contribution in [2.75, 3.05) is 10.6 Å². The predicted octanol–water partition coefficient (Wildman–Crippen LogP) is 5.01. The van der Waals surface area contributed by atoms with Crippen molar-refractivity contribution in [2.45, 2.75) is 37.6 Å². The summed E-state index contributed by atoms with van der Waals surface area (Å²) in [5, 5.41) is 6.95. The van der Waals surface area contributed by atoms with Crippen molar-refractivity contribution in [3.63, 3.8) is 0 Å². The first-order valence-corrected chi connectivity index (χ1v) is 11.6. The molecule has 2 atom stereocenters. The highest BCUT2D eigenvalue weighted by Gasteiger charge is 2.45. The van der Waals surface area contributed by atoms with E-state index in [0.717, 1.165) is 35.1 Å². The van der Waals surface area contributed by atoms with Gasteiger partial charge in [-0.1, -0.05) is 17.7 Å². The first-order chi connectivity index (χ1) is 16.1.